The van der Waals surface area contributed by atoms with Crippen molar-refractivity contribution in [3.05, 3.63) is 28.8 Å². The van der Waals surface area contributed by atoms with Crippen LogP contribution in [0.1, 0.15) is 15.4 Å². The normalized spacial score (nSPS) is 10.5. The minimum atomic E-state index is -0.959. The maximum Gasteiger partial charge on any atom is 0.365 e. The van der Waals surface area contributed by atoms with Gasteiger partial charge < -0.3 is 5.11 Å². The number of carboxylic acids is 1. The number of aromatic carboxylic acids is 1. The van der Waals surface area contributed by atoms with Crippen LogP contribution >= 0.6 is 11.3 Å². The van der Waals surface area contributed by atoms with Crippen molar-refractivity contribution in [3.63, 3.8) is 0 Å². The van der Waals surface area contributed by atoms with Gasteiger partial charge in [-0.25, -0.2) is 9.78 Å². The lowest BCUT2D eigenvalue weighted by Crippen LogP contribution is -1.93. The van der Waals surface area contributed by atoms with Gasteiger partial charge in [0.15, 0.2) is 0 Å². The molecule has 0 aliphatic heterocycles. The number of hydrogen-bond donors (Lipinski definition) is 1. The molecule has 0 atom stereocenters. The molecule has 1 aromatic heterocycles. The molecule has 0 unspecified atom stereocenters. The molecule has 3 nitrogen and oxygen atoms in total. The predicted octanol–water partition coefficient (Wildman–Crippen LogP) is 2.30. The summed E-state index contributed by atoms with van der Waals surface area (Å²) < 4.78 is 0.928. The van der Waals surface area contributed by atoms with Gasteiger partial charge in [0.25, 0.3) is 0 Å². The average Bonchev–Trinajstić information content (AvgIpc) is 2.46. The molecule has 0 aliphatic carbocycles. The summed E-state index contributed by atoms with van der Waals surface area (Å²) >= 11 is 1.21. The van der Waals surface area contributed by atoms with Crippen LogP contribution in [0.15, 0.2) is 18.2 Å². The van der Waals surface area contributed by atoms with E-state index in [0.717, 1.165) is 15.8 Å². The van der Waals surface area contributed by atoms with Crippen LogP contribution in [0.5, 0.6) is 0 Å². The van der Waals surface area contributed by atoms with Gasteiger partial charge in [0.1, 0.15) is 0 Å². The van der Waals surface area contributed by atoms with Crippen molar-refractivity contribution in [2.24, 2.45) is 0 Å². The van der Waals surface area contributed by atoms with Gasteiger partial charge in [0, 0.05) is 0 Å². The lowest BCUT2D eigenvalue weighted by molar-refractivity contribution is 0.0696. The Labute approximate surface area is 78.7 Å². The van der Waals surface area contributed by atoms with Crippen molar-refractivity contribution < 1.29 is 9.90 Å². The molecular weight excluding hydrogens is 186 g/mol. The Kier molecular flexibility index (Phi) is 1.77. The van der Waals surface area contributed by atoms with Crippen LogP contribution in [-0.2, 0) is 0 Å². The Morgan fingerprint density at radius 1 is 1.54 bits per heavy atom. The van der Waals surface area contributed by atoms with E-state index in [4.69, 9.17) is 5.11 Å². The van der Waals surface area contributed by atoms with Gasteiger partial charge in [0.2, 0.25) is 5.01 Å². The van der Waals surface area contributed by atoms with Crippen molar-refractivity contribution in [1.82, 2.24) is 4.98 Å². The van der Waals surface area contributed by atoms with E-state index in [0.29, 0.717) is 0 Å². The van der Waals surface area contributed by atoms with Crippen LogP contribution in [0.2, 0.25) is 0 Å². The van der Waals surface area contributed by atoms with E-state index in [1.165, 1.54) is 11.3 Å². The van der Waals surface area contributed by atoms with Crippen LogP contribution in [0.25, 0.3) is 10.2 Å². The predicted molar refractivity (Wildman–Crippen MR) is 51.3 cm³/mol. The monoisotopic (exact) mass is 193 g/mol. The van der Waals surface area contributed by atoms with Crippen molar-refractivity contribution in [2.75, 3.05) is 0 Å². The highest BCUT2D eigenvalue weighted by atomic mass is 32.1. The maximum atomic E-state index is 10.6. The molecule has 2 rings (SSSR count). The summed E-state index contributed by atoms with van der Waals surface area (Å²) in [7, 11) is 0. The number of rotatable bonds is 1. The van der Waals surface area contributed by atoms with Crippen molar-refractivity contribution in [2.45, 2.75) is 6.92 Å². The third-order valence-electron chi connectivity index (χ3n) is 1.73. The minimum absolute atomic E-state index is 0.153. The fourth-order valence-electron chi connectivity index (χ4n) is 1.12. The molecule has 1 N–H and O–H groups in total. The molecule has 0 radical (unpaired) electrons. The highest BCUT2D eigenvalue weighted by Gasteiger charge is 2.09. The van der Waals surface area contributed by atoms with Gasteiger partial charge in [0.05, 0.1) is 10.2 Å². The van der Waals surface area contributed by atoms with Gasteiger partial charge in [-0.15, -0.1) is 11.3 Å². The fraction of sp³-hybridized carbons (Fsp3) is 0.111. The Balaban J connectivity index is 2.68. The smallest absolute Gasteiger partial charge is 0.365 e. The van der Waals surface area contributed by atoms with Crippen LogP contribution in [-0.4, -0.2) is 16.1 Å². The first-order chi connectivity index (χ1) is 6.16. The molecule has 0 spiro atoms. The standard InChI is InChI=1S/C9H7NO2S/c1-5-2-3-6-7(4-5)13-8(10-6)9(11)12/h2-4H,1H3,(H,11,12). The molecule has 0 amide bonds. The molecule has 0 bridgehead atoms. The molecule has 1 heterocycles. The van der Waals surface area contributed by atoms with E-state index in [1.807, 2.05) is 25.1 Å². The Morgan fingerprint density at radius 3 is 3.00 bits per heavy atom. The summed E-state index contributed by atoms with van der Waals surface area (Å²) in [4.78, 5) is 14.6. The summed E-state index contributed by atoms with van der Waals surface area (Å²) in [6.45, 7) is 1.97. The first-order valence-corrected chi connectivity index (χ1v) is 4.59. The van der Waals surface area contributed by atoms with E-state index >= 15 is 0 Å². The summed E-state index contributed by atoms with van der Waals surface area (Å²) in [5.41, 5.74) is 1.88. The number of fused-ring (bicyclic) bond motifs is 1. The van der Waals surface area contributed by atoms with Crippen LogP contribution < -0.4 is 0 Å². The molecule has 66 valence electrons. The molecule has 0 saturated carbocycles. The third kappa shape index (κ3) is 1.40. The SMILES string of the molecule is Cc1ccc2nc(C(=O)O)sc2c1. The summed E-state index contributed by atoms with van der Waals surface area (Å²) in [5, 5.41) is 8.86. The van der Waals surface area contributed by atoms with Crippen molar-refractivity contribution >= 4 is 27.5 Å². The topological polar surface area (TPSA) is 50.2 Å². The number of nitrogens with zero attached hydrogens (tertiary/aromatic N) is 1. The number of carbonyl (C=O) groups is 1. The number of aryl methyl sites for hydroxylation is 1. The largest absolute Gasteiger partial charge is 0.476 e. The molecule has 13 heavy (non-hydrogen) atoms. The molecular formula is C9H7NO2S. The molecule has 1 aromatic carbocycles. The second-order valence-corrected chi connectivity index (χ2v) is 3.83. The Hall–Kier alpha value is -1.42. The summed E-state index contributed by atoms with van der Waals surface area (Å²) in [6, 6.07) is 5.71. The quantitative estimate of drug-likeness (QED) is 0.756. The molecule has 2 aromatic rings. The van der Waals surface area contributed by atoms with Crippen LogP contribution in [0.4, 0.5) is 0 Å². The number of carboxylic acid groups (broad SMARTS) is 1. The van der Waals surface area contributed by atoms with Crippen molar-refractivity contribution in [1.29, 1.82) is 0 Å². The van der Waals surface area contributed by atoms with Gasteiger partial charge >= 0.3 is 5.97 Å². The molecule has 4 heteroatoms. The molecule has 0 fully saturated rings. The van der Waals surface area contributed by atoms with E-state index in [9.17, 15) is 4.79 Å². The van der Waals surface area contributed by atoms with Gasteiger partial charge in [-0.3, -0.25) is 0 Å². The highest BCUT2D eigenvalue weighted by molar-refractivity contribution is 7.20. The van der Waals surface area contributed by atoms with E-state index in [-0.39, 0.29) is 5.01 Å². The van der Waals surface area contributed by atoms with Gasteiger partial charge in [-0.2, -0.15) is 0 Å². The maximum absolute atomic E-state index is 10.6. The number of aromatic nitrogens is 1. The number of thiazole rings is 1. The van der Waals surface area contributed by atoms with E-state index in [2.05, 4.69) is 4.98 Å². The number of hydrogen-bond acceptors (Lipinski definition) is 3. The number of benzene rings is 1. The zero-order valence-corrected chi connectivity index (χ0v) is 7.76. The lowest BCUT2D eigenvalue weighted by Gasteiger charge is -1.88. The fourth-order valence-corrected chi connectivity index (χ4v) is 2.03. The molecule has 0 aliphatic rings. The lowest BCUT2D eigenvalue weighted by atomic mass is 10.2. The highest BCUT2D eigenvalue weighted by Crippen LogP contribution is 2.22. The van der Waals surface area contributed by atoms with Gasteiger partial charge in [-0.05, 0) is 24.6 Å². The summed E-state index contributed by atoms with van der Waals surface area (Å²) in [5.74, 6) is -0.959. The van der Waals surface area contributed by atoms with E-state index < -0.39 is 5.97 Å². The first-order valence-electron chi connectivity index (χ1n) is 3.77. The van der Waals surface area contributed by atoms with Crippen molar-refractivity contribution in [3.8, 4) is 0 Å². The van der Waals surface area contributed by atoms with Gasteiger partial charge in [-0.1, -0.05) is 6.07 Å². The van der Waals surface area contributed by atoms with E-state index in [1.54, 1.807) is 0 Å². The second kappa shape index (κ2) is 2.81. The minimum Gasteiger partial charge on any atom is -0.476 e. The second-order valence-electron chi connectivity index (χ2n) is 2.80. The zero-order valence-electron chi connectivity index (χ0n) is 6.94. The Morgan fingerprint density at radius 2 is 2.31 bits per heavy atom. The molecule has 0 saturated heterocycles. The van der Waals surface area contributed by atoms with Crippen LogP contribution in [0.3, 0.4) is 0 Å². The third-order valence-corrected chi connectivity index (χ3v) is 2.73. The van der Waals surface area contributed by atoms with Crippen LogP contribution in [0, 0.1) is 6.92 Å². The zero-order chi connectivity index (χ0) is 9.42. The summed E-state index contributed by atoms with van der Waals surface area (Å²) in [6.07, 6.45) is 0. The first kappa shape index (κ1) is 8.19. The Bertz CT molecular complexity index is 475. The average molecular weight is 193 g/mol.